The molecule has 0 aliphatic carbocycles. The number of carbonyl (C=O) groups is 3. The summed E-state index contributed by atoms with van der Waals surface area (Å²) >= 11 is 0. The number of carbonyl (C=O) groups excluding carboxylic acids is 3. The number of nitrogens with zero attached hydrogens (tertiary/aromatic N) is 6. The lowest BCUT2D eigenvalue weighted by atomic mass is 10.1. The zero-order valence-corrected chi connectivity index (χ0v) is 19.4. The first-order valence-corrected chi connectivity index (χ1v) is 11.6. The second-order valence-electron chi connectivity index (χ2n) is 9.12. The molecule has 11 heteroatoms. The molecule has 2 bridgehead atoms. The van der Waals surface area contributed by atoms with Crippen LogP contribution < -0.4 is 10.1 Å². The number of piperazine rings is 1. The first-order valence-electron chi connectivity index (χ1n) is 11.6. The van der Waals surface area contributed by atoms with Gasteiger partial charge in [-0.2, -0.15) is 0 Å². The molecular weight excluding hydrogens is 438 g/mol. The Kier molecular flexibility index (Phi) is 5.94. The summed E-state index contributed by atoms with van der Waals surface area (Å²) in [6.07, 6.45) is 5.69. The van der Waals surface area contributed by atoms with Gasteiger partial charge >= 0.3 is 0 Å². The van der Waals surface area contributed by atoms with Crippen molar-refractivity contribution in [3.05, 3.63) is 42.1 Å². The van der Waals surface area contributed by atoms with Crippen LogP contribution in [0.2, 0.25) is 0 Å². The number of ether oxygens (including phenoxy) is 1. The Morgan fingerprint density at radius 3 is 2.82 bits per heavy atom. The number of pyridine rings is 1. The summed E-state index contributed by atoms with van der Waals surface area (Å²) in [6.45, 7) is 4.00. The molecule has 2 aromatic rings. The highest BCUT2D eigenvalue weighted by Crippen LogP contribution is 2.26. The van der Waals surface area contributed by atoms with E-state index < -0.39 is 6.04 Å². The molecule has 3 amide bonds. The average molecular weight is 468 g/mol. The van der Waals surface area contributed by atoms with Crippen molar-refractivity contribution in [1.82, 2.24) is 34.6 Å². The van der Waals surface area contributed by atoms with Gasteiger partial charge in [0.1, 0.15) is 18.0 Å². The van der Waals surface area contributed by atoms with Crippen LogP contribution in [0.3, 0.4) is 0 Å². The summed E-state index contributed by atoms with van der Waals surface area (Å²) in [4.78, 5) is 53.3. The van der Waals surface area contributed by atoms with E-state index in [1.807, 2.05) is 22.7 Å². The summed E-state index contributed by atoms with van der Waals surface area (Å²) < 4.78 is 7.90. The Hall–Kier alpha value is -3.47. The number of nitrogens with one attached hydrogen (secondary N) is 1. The fraction of sp³-hybridized carbons (Fsp3) is 0.522. The van der Waals surface area contributed by atoms with Gasteiger partial charge in [-0.1, -0.05) is 0 Å². The van der Waals surface area contributed by atoms with Crippen molar-refractivity contribution in [2.75, 3.05) is 32.8 Å². The second-order valence-corrected chi connectivity index (χ2v) is 9.12. The number of hydrogen-bond donors (Lipinski definition) is 1. The molecule has 5 heterocycles. The zero-order chi connectivity index (χ0) is 23.8. The number of fused-ring (bicyclic) bond motifs is 4. The van der Waals surface area contributed by atoms with Crippen LogP contribution in [0, 0.1) is 0 Å². The van der Waals surface area contributed by atoms with E-state index in [2.05, 4.69) is 20.2 Å². The molecule has 1 N–H and O–H groups in total. The van der Waals surface area contributed by atoms with E-state index in [1.54, 1.807) is 29.4 Å². The standard InChI is InChI=1S/C23H29N7O4/c1-15(31)28-8-9-30-17(12-28)14-34-22-18(4-3-5-25-22)21(32)26-16-10-19(23(30)33)29(11-16)13-20-24-6-7-27(20)2/h3-7,16-17,19H,8-14H2,1-2H3,(H,26,32)/t16-,17-,19-/m0/s1. The van der Waals surface area contributed by atoms with Crippen LogP contribution in [0.15, 0.2) is 30.7 Å². The molecule has 2 fully saturated rings. The Morgan fingerprint density at radius 1 is 1.21 bits per heavy atom. The van der Waals surface area contributed by atoms with Crippen molar-refractivity contribution < 1.29 is 19.1 Å². The normalized spacial score (nSPS) is 25.5. The number of imidazole rings is 1. The predicted molar refractivity (Wildman–Crippen MR) is 121 cm³/mol. The van der Waals surface area contributed by atoms with Crippen LogP contribution in [0.5, 0.6) is 5.88 Å². The lowest BCUT2D eigenvalue weighted by molar-refractivity contribution is -0.146. The SMILES string of the molecule is CC(=O)N1CCN2C(=O)[C@@H]3C[C@@H](CN3Cc3nccn3C)NC(=O)c3cccnc3OC[C@@H]2C1. The van der Waals surface area contributed by atoms with Crippen molar-refractivity contribution in [2.24, 2.45) is 7.05 Å². The van der Waals surface area contributed by atoms with E-state index in [-0.39, 0.29) is 42.3 Å². The van der Waals surface area contributed by atoms with Crippen molar-refractivity contribution in [2.45, 2.75) is 38.0 Å². The van der Waals surface area contributed by atoms with Gasteiger partial charge in [-0.05, 0) is 18.6 Å². The van der Waals surface area contributed by atoms with E-state index in [9.17, 15) is 14.4 Å². The Morgan fingerprint density at radius 2 is 2.06 bits per heavy atom. The molecule has 34 heavy (non-hydrogen) atoms. The van der Waals surface area contributed by atoms with Crippen LogP contribution in [-0.2, 0) is 23.2 Å². The Bertz CT molecular complexity index is 1100. The van der Waals surface area contributed by atoms with Gasteiger partial charge in [0.25, 0.3) is 5.91 Å². The molecule has 11 nitrogen and oxygen atoms in total. The monoisotopic (exact) mass is 467 g/mol. The molecule has 3 atom stereocenters. The van der Waals surface area contributed by atoms with Crippen LogP contribution in [0.1, 0.15) is 29.5 Å². The highest BCUT2D eigenvalue weighted by atomic mass is 16.5. The maximum Gasteiger partial charge on any atom is 0.257 e. The maximum atomic E-state index is 13.9. The van der Waals surface area contributed by atoms with Crippen molar-refractivity contribution in [3.8, 4) is 5.88 Å². The molecule has 2 saturated heterocycles. The quantitative estimate of drug-likeness (QED) is 0.642. The molecule has 2 aromatic heterocycles. The van der Waals surface area contributed by atoms with Gasteiger partial charge in [-0.15, -0.1) is 0 Å². The van der Waals surface area contributed by atoms with Crippen molar-refractivity contribution >= 4 is 17.7 Å². The zero-order valence-electron chi connectivity index (χ0n) is 19.4. The third-order valence-electron chi connectivity index (χ3n) is 6.93. The summed E-state index contributed by atoms with van der Waals surface area (Å²) in [5, 5.41) is 3.07. The fourth-order valence-electron chi connectivity index (χ4n) is 5.05. The molecule has 3 aliphatic heterocycles. The van der Waals surface area contributed by atoms with E-state index in [0.717, 1.165) is 5.82 Å². The second kappa shape index (κ2) is 9.05. The number of hydrogen-bond acceptors (Lipinski definition) is 7. The molecule has 3 aliphatic rings. The van der Waals surface area contributed by atoms with Crippen LogP contribution in [0.4, 0.5) is 0 Å². The lowest BCUT2D eigenvalue weighted by Crippen LogP contribution is -2.61. The van der Waals surface area contributed by atoms with E-state index in [4.69, 9.17) is 4.74 Å². The van der Waals surface area contributed by atoms with Crippen molar-refractivity contribution in [1.29, 1.82) is 0 Å². The number of aromatic nitrogens is 3. The third kappa shape index (κ3) is 4.23. The van der Waals surface area contributed by atoms with E-state index >= 15 is 0 Å². The topological polar surface area (TPSA) is 113 Å². The third-order valence-corrected chi connectivity index (χ3v) is 6.93. The highest BCUT2D eigenvalue weighted by molar-refractivity contribution is 5.96. The lowest BCUT2D eigenvalue weighted by Gasteiger charge is -2.42. The van der Waals surface area contributed by atoms with Gasteiger partial charge in [0, 0.05) is 64.8 Å². The number of likely N-dealkylation sites (tertiary alicyclic amines) is 1. The smallest absolute Gasteiger partial charge is 0.257 e. The minimum Gasteiger partial charge on any atom is -0.475 e. The molecule has 0 aromatic carbocycles. The minimum absolute atomic E-state index is 0.00965. The molecule has 0 saturated carbocycles. The summed E-state index contributed by atoms with van der Waals surface area (Å²) in [5.74, 6) is 0.764. The molecular formula is C23H29N7O4. The number of amides is 3. The van der Waals surface area contributed by atoms with Gasteiger partial charge in [0.15, 0.2) is 0 Å². The van der Waals surface area contributed by atoms with E-state index in [1.165, 1.54) is 6.92 Å². The van der Waals surface area contributed by atoms with Gasteiger partial charge < -0.3 is 24.4 Å². The highest BCUT2D eigenvalue weighted by Gasteiger charge is 2.43. The summed E-state index contributed by atoms with van der Waals surface area (Å²) in [6, 6.07) is 2.45. The van der Waals surface area contributed by atoms with Crippen LogP contribution >= 0.6 is 0 Å². The first-order chi connectivity index (χ1) is 16.4. The van der Waals surface area contributed by atoms with Crippen LogP contribution in [0.25, 0.3) is 0 Å². The van der Waals surface area contributed by atoms with Crippen molar-refractivity contribution in [3.63, 3.8) is 0 Å². The molecule has 0 unspecified atom stereocenters. The Balaban J connectivity index is 1.49. The van der Waals surface area contributed by atoms with E-state index in [0.29, 0.717) is 44.7 Å². The maximum absolute atomic E-state index is 13.9. The molecule has 180 valence electrons. The average Bonchev–Trinajstić information content (AvgIpc) is 3.42. The summed E-state index contributed by atoms with van der Waals surface area (Å²) in [5.41, 5.74) is 0.360. The fourth-order valence-corrected chi connectivity index (χ4v) is 5.05. The van der Waals surface area contributed by atoms with Gasteiger partial charge in [0.2, 0.25) is 17.7 Å². The minimum atomic E-state index is -0.402. The molecule has 0 radical (unpaired) electrons. The van der Waals surface area contributed by atoms with Gasteiger partial charge in [0.05, 0.1) is 18.6 Å². The molecule has 5 rings (SSSR count). The van der Waals surface area contributed by atoms with Gasteiger partial charge in [-0.25, -0.2) is 9.97 Å². The first kappa shape index (κ1) is 22.3. The number of rotatable bonds is 2. The number of aryl methyl sites for hydroxylation is 1. The Labute approximate surface area is 197 Å². The predicted octanol–water partition coefficient (Wildman–Crippen LogP) is -0.360. The largest absolute Gasteiger partial charge is 0.475 e. The van der Waals surface area contributed by atoms with Gasteiger partial charge in [-0.3, -0.25) is 19.3 Å². The van der Waals surface area contributed by atoms with Crippen LogP contribution in [-0.4, -0.2) is 97.9 Å². The molecule has 0 spiro atoms. The summed E-state index contributed by atoms with van der Waals surface area (Å²) in [7, 11) is 1.93.